The fraction of sp³-hybridized carbons (Fsp3) is 0.545. The van der Waals surface area contributed by atoms with Gasteiger partial charge in [-0.3, -0.25) is 0 Å². The average Bonchev–Trinajstić information content (AvgIpc) is 2.28. The lowest BCUT2D eigenvalue weighted by Crippen LogP contribution is -2.30. The molecule has 6 nitrogen and oxygen atoms in total. The minimum Gasteiger partial charge on any atom is -0.378 e. The highest BCUT2D eigenvalue weighted by Crippen LogP contribution is 2.14. The minimum atomic E-state index is -0.516. The van der Waals surface area contributed by atoms with Crippen LogP contribution in [-0.2, 0) is 0 Å². The Morgan fingerprint density at radius 3 is 2.65 bits per heavy atom. The molecule has 1 aromatic rings. The topological polar surface area (TPSA) is 94.1 Å². The van der Waals surface area contributed by atoms with Crippen molar-refractivity contribution in [1.29, 1.82) is 0 Å². The third kappa shape index (κ3) is 4.36. The number of nitrogens with one attached hydrogen (secondary N) is 1. The highest BCUT2D eigenvalue weighted by Gasteiger charge is 2.11. The third-order valence-electron chi connectivity index (χ3n) is 2.35. The molecule has 1 aromatic heterocycles. The second-order valence-corrected chi connectivity index (χ2v) is 4.37. The Kier molecular flexibility index (Phi) is 4.84. The van der Waals surface area contributed by atoms with E-state index in [0.717, 1.165) is 12.1 Å². The monoisotopic (exact) mass is 238 g/mol. The maximum absolute atomic E-state index is 10.4. The molecule has 0 aliphatic heterocycles. The summed E-state index contributed by atoms with van der Waals surface area (Å²) >= 11 is 0. The Morgan fingerprint density at radius 2 is 2.24 bits per heavy atom. The first-order chi connectivity index (χ1) is 8.02. The molecule has 0 radical (unpaired) electrons. The van der Waals surface area contributed by atoms with Gasteiger partial charge >= 0.3 is 5.82 Å². The molecule has 0 aromatic carbocycles. The van der Waals surface area contributed by atoms with Gasteiger partial charge in [-0.15, -0.1) is 0 Å². The van der Waals surface area contributed by atoms with Crippen molar-refractivity contribution in [2.45, 2.75) is 26.3 Å². The van der Waals surface area contributed by atoms with Crippen LogP contribution in [0.3, 0.4) is 0 Å². The second-order valence-electron chi connectivity index (χ2n) is 4.37. The largest absolute Gasteiger partial charge is 0.378 e. The summed E-state index contributed by atoms with van der Waals surface area (Å²) in [5, 5.41) is 13.7. The average molecular weight is 238 g/mol. The van der Waals surface area contributed by atoms with Crippen LogP contribution in [0.1, 0.15) is 20.3 Å². The van der Waals surface area contributed by atoms with Crippen LogP contribution >= 0.6 is 0 Å². The third-order valence-corrected chi connectivity index (χ3v) is 2.35. The molecule has 0 aliphatic carbocycles. The van der Waals surface area contributed by atoms with E-state index in [-0.39, 0.29) is 11.9 Å². The zero-order valence-corrected chi connectivity index (χ0v) is 10.1. The normalized spacial score (nSPS) is 12.5. The van der Waals surface area contributed by atoms with Crippen molar-refractivity contribution in [3.05, 3.63) is 28.4 Å². The number of hydrogen-bond donors (Lipinski definition) is 2. The van der Waals surface area contributed by atoms with Crippen molar-refractivity contribution in [1.82, 2.24) is 4.98 Å². The summed E-state index contributed by atoms with van der Waals surface area (Å²) in [4.78, 5) is 13.7. The highest BCUT2D eigenvalue weighted by molar-refractivity contribution is 5.44. The quantitative estimate of drug-likeness (QED) is 0.582. The molecule has 0 bridgehead atoms. The molecule has 94 valence electrons. The number of anilines is 1. The van der Waals surface area contributed by atoms with Gasteiger partial charge in [0.25, 0.3) is 0 Å². The summed E-state index contributed by atoms with van der Waals surface area (Å²) in [6.45, 7) is 4.77. The van der Waals surface area contributed by atoms with Crippen molar-refractivity contribution in [3.63, 3.8) is 0 Å². The maximum atomic E-state index is 10.4. The van der Waals surface area contributed by atoms with Gasteiger partial charge in [0.1, 0.15) is 0 Å². The summed E-state index contributed by atoms with van der Waals surface area (Å²) in [7, 11) is 0. The van der Waals surface area contributed by atoms with Crippen LogP contribution in [0.4, 0.5) is 11.5 Å². The highest BCUT2D eigenvalue weighted by atomic mass is 16.6. The van der Waals surface area contributed by atoms with Gasteiger partial charge in [0, 0.05) is 18.7 Å². The van der Waals surface area contributed by atoms with Crippen molar-refractivity contribution in [3.8, 4) is 0 Å². The van der Waals surface area contributed by atoms with Gasteiger partial charge in [0.2, 0.25) is 0 Å². The molecule has 6 heteroatoms. The summed E-state index contributed by atoms with van der Waals surface area (Å²) in [6.07, 6.45) is 2.41. The van der Waals surface area contributed by atoms with Crippen LogP contribution in [0.15, 0.2) is 18.3 Å². The number of nitrogens with two attached hydrogens (primary N) is 1. The van der Waals surface area contributed by atoms with E-state index in [9.17, 15) is 10.1 Å². The first-order valence-electron chi connectivity index (χ1n) is 5.60. The molecule has 1 unspecified atom stereocenters. The fourth-order valence-corrected chi connectivity index (χ4v) is 1.60. The van der Waals surface area contributed by atoms with E-state index in [2.05, 4.69) is 24.1 Å². The van der Waals surface area contributed by atoms with E-state index >= 15 is 0 Å². The van der Waals surface area contributed by atoms with Crippen LogP contribution in [0.2, 0.25) is 0 Å². The zero-order chi connectivity index (χ0) is 12.8. The van der Waals surface area contributed by atoms with E-state index in [1.165, 1.54) is 12.3 Å². The minimum absolute atomic E-state index is 0.149. The van der Waals surface area contributed by atoms with Gasteiger partial charge in [0.15, 0.2) is 6.20 Å². The molecule has 0 saturated carbocycles. The van der Waals surface area contributed by atoms with Crippen LogP contribution in [0.5, 0.6) is 0 Å². The molecular weight excluding hydrogens is 220 g/mol. The number of nitro groups is 1. The van der Waals surface area contributed by atoms with E-state index in [4.69, 9.17) is 5.73 Å². The number of nitrogens with zero attached hydrogens (tertiary/aromatic N) is 2. The van der Waals surface area contributed by atoms with Gasteiger partial charge in [-0.25, -0.2) is 0 Å². The number of aromatic nitrogens is 1. The van der Waals surface area contributed by atoms with E-state index in [1.54, 1.807) is 6.07 Å². The van der Waals surface area contributed by atoms with Crippen LogP contribution < -0.4 is 11.1 Å². The Balaban J connectivity index is 2.64. The predicted octanol–water partition coefficient (Wildman–Crippen LogP) is 1.78. The lowest BCUT2D eigenvalue weighted by Gasteiger charge is -2.19. The smallest absolute Gasteiger partial charge is 0.363 e. The van der Waals surface area contributed by atoms with Gasteiger partial charge in [-0.1, -0.05) is 13.8 Å². The van der Waals surface area contributed by atoms with Gasteiger partial charge < -0.3 is 21.2 Å². The van der Waals surface area contributed by atoms with Crippen LogP contribution in [0, 0.1) is 16.0 Å². The maximum Gasteiger partial charge on any atom is 0.363 e. The lowest BCUT2D eigenvalue weighted by atomic mass is 10.0. The van der Waals surface area contributed by atoms with Crippen molar-refractivity contribution in [2.24, 2.45) is 11.7 Å². The van der Waals surface area contributed by atoms with Crippen molar-refractivity contribution >= 4 is 11.5 Å². The first kappa shape index (κ1) is 13.4. The zero-order valence-electron chi connectivity index (χ0n) is 10.1. The van der Waals surface area contributed by atoms with Crippen molar-refractivity contribution < 1.29 is 4.92 Å². The molecule has 0 aliphatic rings. The Hall–Kier alpha value is -1.69. The molecule has 17 heavy (non-hydrogen) atoms. The lowest BCUT2D eigenvalue weighted by molar-refractivity contribution is -0.389. The molecule has 0 spiro atoms. The summed E-state index contributed by atoms with van der Waals surface area (Å²) in [5.41, 5.74) is 6.41. The molecule has 0 fully saturated rings. The van der Waals surface area contributed by atoms with Crippen molar-refractivity contribution in [2.75, 3.05) is 11.9 Å². The Morgan fingerprint density at radius 1 is 1.53 bits per heavy atom. The Labute approximate surface area is 100 Å². The van der Waals surface area contributed by atoms with Gasteiger partial charge in [-0.05, 0) is 28.3 Å². The van der Waals surface area contributed by atoms with E-state index in [1.807, 2.05) is 0 Å². The SMILES string of the molecule is CC(C)CC(CN)Nc1ccc([N+](=O)[O-])nc1. The summed E-state index contributed by atoms with van der Waals surface area (Å²) in [5.74, 6) is 0.394. The molecule has 0 saturated heterocycles. The van der Waals surface area contributed by atoms with Crippen LogP contribution in [0.25, 0.3) is 0 Å². The first-order valence-corrected chi connectivity index (χ1v) is 5.60. The number of hydrogen-bond acceptors (Lipinski definition) is 5. The molecule has 0 amide bonds. The fourth-order valence-electron chi connectivity index (χ4n) is 1.60. The van der Waals surface area contributed by atoms with Gasteiger partial charge in [-0.2, -0.15) is 0 Å². The summed E-state index contributed by atoms with van der Waals surface area (Å²) < 4.78 is 0. The predicted molar refractivity (Wildman–Crippen MR) is 66.8 cm³/mol. The molecule has 1 rings (SSSR count). The standard InChI is InChI=1S/C11H18N4O2/c1-8(2)5-10(6-12)14-9-3-4-11(13-7-9)15(16)17/h3-4,7-8,10,14H,5-6,12H2,1-2H3. The molecular formula is C11H18N4O2. The summed E-state index contributed by atoms with van der Waals surface area (Å²) in [6, 6.07) is 3.19. The molecule has 1 heterocycles. The van der Waals surface area contributed by atoms with Gasteiger partial charge in [0.05, 0.1) is 5.69 Å². The number of pyridine rings is 1. The molecule has 1 atom stereocenters. The van der Waals surface area contributed by atoms with E-state index in [0.29, 0.717) is 12.5 Å². The molecule has 3 N–H and O–H groups in total. The number of rotatable bonds is 6. The Bertz CT molecular complexity index is 364. The van der Waals surface area contributed by atoms with Crippen LogP contribution in [-0.4, -0.2) is 22.5 Å². The second kappa shape index (κ2) is 6.15. The van der Waals surface area contributed by atoms with E-state index < -0.39 is 4.92 Å².